The fourth-order valence-corrected chi connectivity index (χ4v) is 2.21. The highest BCUT2D eigenvalue weighted by molar-refractivity contribution is 5.86. The lowest BCUT2D eigenvalue weighted by atomic mass is 10.1. The van der Waals surface area contributed by atoms with Crippen molar-refractivity contribution in [1.29, 1.82) is 0 Å². The molecule has 0 unspecified atom stereocenters. The molecule has 0 saturated carbocycles. The summed E-state index contributed by atoms with van der Waals surface area (Å²) in [4.78, 5) is 8.45. The second-order valence-corrected chi connectivity index (χ2v) is 5.05. The van der Waals surface area contributed by atoms with Gasteiger partial charge in [-0.25, -0.2) is 4.98 Å². The van der Waals surface area contributed by atoms with Gasteiger partial charge in [-0.15, -0.1) is 12.4 Å². The molecular weight excluding hydrogens is 328 g/mol. The Hall–Kier alpha value is -2.70. The minimum Gasteiger partial charge on any atom is -0.505 e. The van der Waals surface area contributed by atoms with Crippen molar-refractivity contribution in [2.24, 2.45) is 5.10 Å². The Morgan fingerprint density at radius 2 is 2.00 bits per heavy atom. The van der Waals surface area contributed by atoms with Gasteiger partial charge in [-0.1, -0.05) is 18.2 Å². The molecule has 0 bridgehead atoms. The van der Waals surface area contributed by atoms with Crippen molar-refractivity contribution >= 4 is 35.3 Å². The molecule has 2 aromatic heterocycles. The first-order valence-electron chi connectivity index (χ1n) is 7.12. The van der Waals surface area contributed by atoms with Crippen molar-refractivity contribution in [3.8, 4) is 5.75 Å². The van der Waals surface area contributed by atoms with Crippen LogP contribution in [0.4, 0.5) is 5.82 Å². The van der Waals surface area contributed by atoms with Crippen LogP contribution in [0.5, 0.6) is 5.75 Å². The van der Waals surface area contributed by atoms with Gasteiger partial charge in [0.1, 0.15) is 11.6 Å². The van der Waals surface area contributed by atoms with Gasteiger partial charge in [0.2, 0.25) is 0 Å². The second kappa shape index (κ2) is 7.72. The normalized spacial score (nSPS) is 10.8. The molecule has 1 aromatic carbocycles. The molecule has 0 fully saturated rings. The molecule has 0 saturated heterocycles. The zero-order valence-corrected chi connectivity index (χ0v) is 13.8. The summed E-state index contributed by atoms with van der Waals surface area (Å²) in [7, 11) is 0. The van der Waals surface area contributed by atoms with E-state index >= 15 is 0 Å². The monoisotopic (exact) mass is 344 g/mol. The maximum absolute atomic E-state index is 10.0. The predicted molar refractivity (Wildman–Crippen MR) is 96.8 cm³/mol. The number of aliphatic hydroxyl groups is 1. The molecule has 0 atom stereocenters. The summed E-state index contributed by atoms with van der Waals surface area (Å²) < 4.78 is 0. The zero-order chi connectivity index (χ0) is 16.2. The number of nitrogens with one attached hydrogen (secondary N) is 1. The molecule has 3 aromatic rings. The Bertz CT molecular complexity index is 884. The number of para-hydroxylation sites is 1. The number of rotatable bonds is 4. The van der Waals surface area contributed by atoms with Gasteiger partial charge in [0.25, 0.3) is 0 Å². The van der Waals surface area contributed by atoms with Gasteiger partial charge >= 0.3 is 0 Å². The third-order valence-corrected chi connectivity index (χ3v) is 3.50. The van der Waals surface area contributed by atoms with E-state index in [0.717, 1.165) is 10.9 Å². The highest BCUT2D eigenvalue weighted by Gasteiger charge is 2.09. The van der Waals surface area contributed by atoms with Crippen LogP contribution in [0.2, 0.25) is 0 Å². The number of anilines is 1. The Labute approximate surface area is 145 Å². The number of benzene rings is 1. The minimum atomic E-state index is -0.226. The van der Waals surface area contributed by atoms with Gasteiger partial charge in [0.15, 0.2) is 0 Å². The van der Waals surface area contributed by atoms with Crippen molar-refractivity contribution in [2.45, 2.75) is 13.5 Å². The summed E-state index contributed by atoms with van der Waals surface area (Å²) in [6, 6.07) is 11.6. The lowest BCUT2D eigenvalue weighted by Crippen LogP contribution is -2.00. The third kappa shape index (κ3) is 3.61. The molecular formula is C17H17ClN4O2. The first-order chi connectivity index (χ1) is 11.2. The Kier molecular flexibility index (Phi) is 5.68. The standard InChI is InChI=1S/C17H16N4O2.ClH/c1-11-17(23)14(13(10-22)8-18-11)9-19-21-16-7-6-12-4-2-3-5-15(12)20-16;/h2-9,22-23H,10H2,1H3,(H,20,21);1H/b19-9+;. The number of fused-ring (bicyclic) bond motifs is 1. The van der Waals surface area contributed by atoms with Crippen LogP contribution in [0, 0.1) is 6.92 Å². The molecule has 0 spiro atoms. The van der Waals surface area contributed by atoms with Gasteiger partial charge in [0, 0.05) is 22.7 Å². The van der Waals surface area contributed by atoms with E-state index in [1.807, 2.05) is 36.4 Å². The second-order valence-electron chi connectivity index (χ2n) is 5.05. The van der Waals surface area contributed by atoms with Crippen molar-refractivity contribution in [2.75, 3.05) is 5.43 Å². The maximum Gasteiger partial charge on any atom is 0.146 e. The summed E-state index contributed by atoms with van der Waals surface area (Å²) >= 11 is 0. The Morgan fingerprint density at radius 1 is 1.21 bits per heavy atom. The van der Waals surface area contributed by atoms with E-state index in [1.165, 1.54) is 12.4 Å². The molecule has 0 aliphatic rings. The number of aryl methyl sites for hydroxylation is 1. The van der Waals surface area contributed by atoms with Crippen LogP contribution >= 0.6 is 12.4 Å². The number of nitrogens with zero attached hydrogens (tertiary/aromatic N) is 3. The molecule has 7 heteroatoms. The summed E-state index contributed by atoms with van der Waals surface area (Å²) in [5, 5.41) is 24.5. The lowest BCUT2D eigenvalue weighted by Gasteiger charge is -2.07. The number of hydrazone groups is 1. The first-order valence-corrected chi connectivity index (χ1v) is 7.12. The van der Waals surface area contributed by atoms with E-state index in [4.69, 9.17) is 0 Å². The average molecular weight is 345 g/mol. The Morgan fingerprint density at radius 3 is 2.79 bits per heavy atom. The lowest BCUT2D eigenvalue weighted by molar-refractivity contribution is 0.280. The molecule has 0 amide bonds. The number of hydrogen-bond acceptors (Lipinski definition) is 6. The van der Waals surface area contributed by atoms with E-state index in [0.29, 0.717) is 22.6 Å². The molecule has 0 aliphatic carbocycles. The van der Waals surface area contributed by atoms with E-state index < -0.39 is 0 Å². The van der Waals surface area contributed by atoms with Crippen LogP contribution in [0.25, 0.3) is 10.9 Å². The molecule has 6 nitrogen and oxygen atoms in total. The van der Waals surface area contributed by atoms with Gasteiger partial charge in [0.05, 0.1) is 24.0 Å². The van der Waals surface area contributed by atoms with Crippen molar-refractivity contribution < 1.29 is 10.2 Å². The molecule has 2 heterocycles. The highest BCUT2D eigenvalue weighted by Crippen LogP contribution is 2.22. The predicted octanol–water partition coefficient (Wildman–Crippen LogP) is 3.00. The number of aliphatic hydroxyl groups excluding tert-OH is 1. The Balaban J connectivity index is 0.00000208. The van der Waals surface area contributed by atoms with Crippen LogP contribution in [-0.2, 0) is 6.61 Å². The topological polar surface area (TPSA) is 90.6 Å². The third-order valence-electron chi connectivity index (χ3n) is 3.50. The van der Waals surface area contributed by atoms with Gasteiger partial charge in [-0.3, -0.25) is 10.4 Å². The van der Waals surface area contributed by atoms with Crippen molar-refractivity contribution in [3.05, 3.63) is 59.4 Å². The summed E-state index contributed by atoms with van der Waals surface area (Å²) in [6.07, 6.45) is 2.97. The van der Waals surface area contributed by atoms with E-state index in [9.17, 15) is 10.2 Å². The number of pyridine rings is 2. The molecule has 3 N–H and O–H groups in total. The average Bonchev–Trinajstić information content (AvgIpc) is 2.58. The largest absolute Gasteiger partial charge is 0.505 e. The molecule has 124 valence electrons. The van der Waals surface area contributed by atoms with Crippen LogP contribution < -0.4 is 5.43 Å². The zero-order valence-electron chi connectivity index (χ0n) is 13.0. The van der Waals surface area contributed by atoms with Gasteiger partial charge in [-0.05, 0) is 25.1 Å². The molecule has 24 heavy (non-hydrogen) atoms. The van der Waals surface area contributed by atoms with Crippen molar-refractivity contribution in [3.63, 3.8) is 0 Å². The molecule has 3 rings (SSSR count). The van der Waals surface area contributed by atoms with Crippen LogP contribution in [-0.4, -0.2) is 26.4 Å². The summed E-state index contributed by atoms with van der Waals surface area (Å²) in [5.41, 5.74) is 5.12. The fraction of sp³-hybridized carbons (Fsp3) is 0.118. The quantitative estimate of drug-likeness (QED) is 0.500. The van der Waals surface area contributed by atoms with Gasteiger partial charge in [-0.2, -0.15) is 5.10 Å². The molecule has 0 radical (unpaired) electrons. The molecule has 0 aliphatic heterocycles. The minimum absolute atomic E-state index is 0. The maximum atomic E-state index is 10.0. The van der Waals surface area contributed by atoms with Crippen LogP contribution in [0.3, 0.4) is 0 Å². The van der Waals surface area contributed by atoms with Crippen LogP contribution in [0.1, 0.15) is 16.8 Å². The summed E-state index contributed by atoms with van der Waals surface area (Å²) in [6.45, 7) is 1.46. The van der Waals surface area contributed by atoms with E-state index in [2.05, 4.69) is 20.5 Å². The van der Waals surface area contributed by atoms with Gasteiger partial charge < -0.3 is 10.2 Å². The van der Waals surface area contributed by atoms with Crippen LogP contribution in [0.15, 0.2) is 47.7 Å². The SMILES string of the molecule is Cc1ncc(CO)c(/C=N/Nc2ccc3ccccc3n2)c1O.Cl. The fourth-order valence-electron chi connectivity index (χ4n) is 2.21. The van der Waals surface area contributed by atoms with E-state index in [-0.39, 0.29) is 24.8 Å². The number of aromatic nitrogens is 2. The smallest absolute Gasteiger partial charge is 0.146 e. The number of aromatic hydroxyl groups is 1. The van der Waals surface area contributed by atoms with Crippen molar-refractivity contribution in [1.82, 2.24) is 9.97 Å². The van der Waals surface area contributed by atoms with E-state index in [1.54, 1.807) is 6.92 Å². The number of halogens is 1. The summed E-state index contributed by atoms with van der Waals surface area (Å²) in [5.74, 6) is 0.601. The number of hydrogen-bond donors (Lipinski definition) is 3. The first kappa shape index (κ1) is 17.7. The highest BCUT2D eigenvalue weighted by atomic mass is 35.5.